The Morgan fingerprint density at radius 2 is 1.31 bits per heavy atom. The number of ether oxygens (including phenoxy) is 1. The first-order chi connectivity index (χ1) is 19.1. The third kappa shape index (κ3) is 4.07. The maximum Gasteiger partial charge on any atom is 0.232 e. The van der Waals surface area contributed by atoms with Crippen molar-refractivity contribution in [1.82, 2.24) is 14.8 Å². The molecule has 0 amide bonds. The van der Waals surface area contributed by atoms with E-state index in [9.17, 15) is 4.39 Å². The fourth-order valence-corrected chi connectivity index (χ4v) is 5.22. The molecule has 6 aromatic rings. The van der Waals surface area contributed by atoms with Crippen LogP contribution in [0.4, 0.5) is 4.39 Å². The highest BCUT2D eigenvalue weighted by Crippen LogP contribution is 2.43. The minimum Gasteiger partial charge on any atom is -0.480 e. The summed E-state index contributed by atoms with van der Waals surface area (Å²) in [4.78, 5) is 4.81. The zero-order chi connectivity index (χ0) is 26.8. The van der Waals surface area contributed by atoms with Gasteiger partial charge in [0.15, 0.2) is 0 Å². The van der Waals surface area contributed by atoms with Crippen molar-refractivity contribution in [3.8, 4) is 11.3 Å². The zero-order valence-electron chi connectivity index (χ0n) is 21.3. The summed E-state index contributed by atoms with van der Waals surface area (Å²) >= 11 is 0. The van der Waals surface area contributed by atoms with Crippen molar-refractivity contribution < 1.29 is 9.13 Å². The zero-order valence-corrected chi connectivity index (χ0v) is 21.3. The van der Waals surface area contributed by atoms with E-state index in [1.165, 1.54) is 19.2 Å². The van der Waals surface area contributed by atoms with Crippen LogP contribution in [0.3, 0.4) is 0 Å². The summed E-state index contributed by atoms with van der Waals surface area (Å²) in [7, 11) is 1.44. The third-order valence-corrected chi connectivity index (χ3v) is 6.95. The van der Waals surface area contributed by atoms with E-state index in [2.05, 4.69) is 36.4 Å². The number of hydrogen-bond donors (Lipinski definition) is 1. The maximum atomic E-state index is 14.4. The molecule has 39 heavy (non-hydrogen) atoms. The quantitative estimate of drug-likeness (QED) is 0.148. The SMILES string of the molecule is COC(=N)c1ccc2c(n1)c(-c1cccc(F)c1)nn2C(c1ccccc1)(c1ccccc1)c1ccccc1. The average Bonchev–Trinajstić information content (AvgIpc) is 3.38. The normalized spacial score (nSPS) is 11.4. The molecule has 2 aromatic heterocycles. The first-order valence-electron chi connectivity index (χ1n) is 12.6. The van der Waals surface area contributed by atoms with Crippen LogP contribution in [-0.4, -0.2) is 27.8 Å². The Balaban J connectivity index is 1.79. The van der Waals surface area contributed by atoms with Crippen LogP contribution in [0.5, 0.6) is 0 Å². The molecule has 0 spiro atoms. The molecule has 6 rings (SSSR count). The average molecular weight is 513 g/mol. The molecule has 0 radical (unpaired) electrons. The van der Waals surface area contributed by atoms with Gasteiger partial charge in [0, 0.05) is 5.56 Å². The molecule has 0 saturated heterocycles. The van der Waals surface area contributed by atoms with Crippen molar-refractivity contribution in [2.45, 2.75) is 5.54 Å². The van der Waals surface area contributed by atoms with E-state index < -0.39 is 5.54 Å². The highest BCUT2D eigenvalue weighted by atomic mass is 19.1. The standard InChI is InChI=1S/C33H25FN4O/c1-39-32(35)28-20-21-29-31(36-28)30(23-12-11-19-27(34)22-23)37-38(29)33(24-13-5-2-6-14-24,25-15-7-3-8-16-25)26-17-9-4-10-18-26/h2-22,35H,1H3. The lowest BCUT2D eigenvalue weighted by molar-refractivity contribution is 0.399. The minimum atomic E-state index is -0.883. The number of fused-ring (bicyclic) bond motifs is 1. The summed E-state index contributed by atoms with van der Waals surface area (Å²) < 4.78 is 21.6. The Labute approximate surface area is 225 Å². The highest BCUT2D eigenvalue weighted by molar-refractivity contribution is 5.96. The number of rotatable bonds is 6. The van der Waals surface area contributed by atoms with E-state index in [1.807, 2.05) is 71.4 Å². The van der Waals surface area contributed by atoms with Gasteiger partial charge in [-0.25, -0.2) is 14.1 Å². The second kappa shape index (κ2) is 9.99. The van der Waals surface area contributed by atoms with Crippen molar-refractivity contribution in [3.63, 3.8) is 0 Å². The van der Waals surface area contributed by atoms with Crippen LogP contribution in [0.15, 0.2) is 127 Å². The van der Waals surface area contributed by atoms with Crippen LogP contribution in [-0.2, 0) is 10.3 Å². The predicted molar refractivity (Wildman–Crippen MR) is 151 cm³/mol. The fraction of sp³-hybridized carbons (Fsp3) is 0.0606. The van der Waals surface area contributed by atoms with Gasteiger partial charge in [-0.1, -0.05) is 103 Å². The molecule has 0 bridgehead atoms. The van der Waals surface area contributed by atoms with Crippen LogP contribution in [0.1, 0.15) is 22.4 Å². The lowest BCUT2D eigenvalue weighted by atomic mass is 9.77. The summed E-state index contributed by atoms with van der Waals surface area (Å²) in [5.41, 5.74) is 4.89. The topological polar surface area (TPSA) is 63.8 Å². The first kappa shape index (κ1) is 24.2. The summed E-state index contributed by atoms with van der Waals surface area (Å²) in [5, 5.41) is 13.4. The molecule has 6 heteroatoms. The van der Waals surface area contributed by atoms with Crippen molar-refractivity contribution in [2.24, 2.45) is 0 Å². The Morgan fingerprint density at radius 1 is 0.744 bits per heavy atom. The number of benzene rings is 4. The Kier molecular flexibility index (Phi) is 6.21. The van der Waals surface area contributed by atoms with Gasteiger partial charge in [-0.3, -0.25) is 5.41 Å². The van der Waals surface area contributed by atoms with E-state index in [4.69, 9.17) is 20.2 Å². The second-order valence-corrected chi connectivity index (χ2v) is 9.18. The van der Waals surface area contributed by atoms with Crippen molar-refractivity contribution in [3.05, 3.63) is 156 Å². The molecular formula is C33H25FN4O. The minimum absolute atomic E-state index is 0.0599. The molecule has 0 aliphatic rings. The van der Waals surface area contributed by atoms with Gasteiger partial charge in [-0.2, -0.15) is 5.10 Å². The molecule has 0 unspecified atom stereocenters. The van der Waals surface area contributed by atoms with E-state index in [0.29, 0.717) is 22.5 Å². The van der Waals surface area contributed by atoms with Crippen molar-refractivity contribution in [2.75, 3.05) is 7.11 Å². The van der Waals surface area contributed by atoms with Gasteiger partial charge < -0.3 is 4.74 Å². The number of hydrogen-bond acceptors (Lipinski definition) is 4. The number of nitrogens with one attached hydrogen (secondary N) is 1. The molecule has 0 fully saturated rings. The van der Waals surface area contributed by atoms with Gasteiger partial charge in [0.05, 0.1) is 12.6 Å². The van der Waals surface area contributed by atoms with Crippen LogP contribution < -0.4 is 0 Å². The fourth-order valence-electron chi connectivity index (χ4n) is 5.22. The predicted octanol–water partition coefficient (Wildman–Crippen LogP) is 7.05. The number of pyridine rings is 1. The van der Waals surface area contributed by atoms with Crippen LogP contribution >= 0.6 is 0 Å². The van der Waals surface area contributed by atoms with E-state index in [1.54, 1.807) is 12.1 Å². The molecule has 1 N–H and O–H groups in total. The molecular weight excluding hydrogens is 487 g/mol. The van der Waals surface area contributed by atoms with Gasteiger partial charge in [0.25, 0.3) is 0 Å². The van der Waals surface area contributed by atoms with Gasteiger partial charge in [0.2, 0.25) is 5.90 Å². The van der Waals surface area contributed by atoms with Gasteiger partial charge in [-0.15, -0.1) is 0 Å². The molecule has 190 valence electrons. The van der Waals surface area contributed by atoms with Gasteiger partial charge in [0.1, 0.15) is 28.3 Å². The summed E-state index contributed by atoms with van der Waals surface area (Å²) in [6.45, 7) is 0. The Bertz CT molecular complexity index is 1670. The number of halogens is 1. The second-order valence-electron chi connectivity index (χ2n) is 9.18. The molecule has 0 atom stereocenters. The van der Waals surface area contributed by atoms with Gasteiger partial charge >= 0.3 is 0 Å². The van der Waals surface area contributed by atoms with Crippen LogP contribution in [0.2, 0.25) is 0 Å². The monoisotopic (exact) mass is 512 g/mol. The number of aromatic nitrogens is 3. The summed E-state index contributed by atoms with van der Waals surface area (Å²) in [6, 6.07) is 40.7. The van der Waals surface area contributed by atoms with Gasteiger partial charge in [-0.05, 0) is 41.0 Å². The summed E-state index contributed by atoms with van der Waals surface area (Å²) in [5.74, 6) is -0.424. The molecule has 0 aliphatic carbocycles. The van der Waals surface area contributed by atoms with Crippen LogP contribution in [0.25, 0.3) is 22.3 Å². The molecule has 0 saturated carbocycles. The van der Waals surface area contributed by atoms with Crippen LogP contribution in [0, 0.1) is 11.2 Å². The number of methoxy groups -OCH3 is 1. The van der Waals surface area contributed by atoms with E-state index in [-0.39, 0.29) is 11.7 Å². The van der Waals surface area contributed by atoms with Crippen molar-refractivity contribution in [1.29, 1.82) is 5.41 Å². The Morgan fingerprint density at radius 3 is 1.82 bits per heavy atom. The molecule has 4 aromatic carbocycles. The summed E-state index contributed by atoms with van der Waals surface area (Å²) in [6.07, 6.45) is 0. The molecule has 5 nitrogen and oxygen atoms in total. The number of nitrogens with zero attached hydrogens (tertiary/aromatic N) is 3. The van der Waals surface area contributed by atoms with Crippen molar-refractivity contribution >= 4 is 16.9 Å². The van der Waals surface area contributed by atoms with E-state index in [0.717, 1.165) is 22.2 Å². The lowest BCUT2D eigenvalue weighted by Crippen LogP contribution is -2.38. The maximum absolute atomic E-state index is 14.4. The lowest BCUT2D eigenvalue weighted by Gasteiger charge is -2.37. The molecule has 0 aliphatic heterocycles. The third-order valence-electron chi connectivity index (χ3n) is 6.95. The van der Waals surface area contributed by atoms with E-state index >= 15 is 0 Å². The highest BCUT2D eigenvalue weighted by Gasteiger charge is 2.41. The Hall–Kier alpha value is -5.10. The first-order valence-corrected chi connectivity index (χ1v) is 12.6. The largest absolute Gasteiger partial charge is 0.480 e. The smallest absolute Gasteiger partial charge is 0.232 e. The molecule has 2 heterocycles.